The Morgan fingerprint density at radius 3 is 2.28 bits per heavy atom. The molecular weight excluding hydrogens is 396 g/mol. The second kappa shape index (κ2) is 10.6. The number of carbonyl (C=O) groups excluding carboxylic acids is 2. The third-order valence-electron chi connectivity index (χ3n) is 3.95. The molecule has 0 aliphatic rings. The van der Waals surface area contributed by atoms with Crippen molar-refractivity contribution < 1.29 is 23.1 Å². The van der Waals surface area contributed by atoms with Crippen molar-refractivity contribution in [1.82, 2.24) is 16.5 Å². The molecule has 2 aromatic rings. The number of nitrogens with zero attached hydrogens (tertiary/aromatic N) is 1. The van der Waals surface area contributed by atoms with E-state index in [1.807, 2.05) is 0 Å². The normalized spacial score (nSPS) is 10.9. The number of nitrogens with one attached hydrogen (secondary N) is 2. The molecule has 0 aliphatic heterocycles. The van der Waals surface area contributed by atoms with E-state index in [0.29, 0.717) is 18.7 Å². The molecule has 1 aromatic heterocycles. The molecule has 158 valence electrons. The molecule has 10 heteroatoms. The molecule has 1 aromatic carbocycles. The summed E-state index contributed by atoms with van der Waals surface area (Å²) in [5.74, 6) is -0.140. The van der Waals surface area contributed by atoms with Gasteiger partial charge in [0.1, 0.15) is 0 Å². The molecule has 0 fully saturated rings. The first-order valence-corrected chi connectivity index (χ1v) is 10.2. The number of amides is 2. The third kappa shape index (κ3) is 6.63. The van der Waals surface area contributed by atoms with Crippen LogP contribution in [0.5, 0.6) is 0 Å². The number of carbonyl (C=O) groups is 2. The molecule has 0 aliphatic carbocycles. The average Bonchev–Trinajstić information content (AvgIpc) is 2.68. The molecule has 0 spiro atoms. The van der Waals surface area contributed by atoms with Gasteiger partial charge in [-0.3, -0.25) is 14.6 Å². The van der Waals surface area contributed by atoms with Crippen LogP contribution in [0.3, 0.4) is 0 Å². The van der Waals surface area contributed by atoms with Crippen LogP contribution in [0, 0.1) is 5.92 Å². The number of rotatable bonds is 7. The Labute approximate surface area is 170 Å². The fourth-order valence-corrected chi connectivity index (χ4v) is 3.21. The second-order valence-corrected chi connectivity index (χ2v) is 8.30. The number of anilines is 1. The van der Waals surface area contributed by atoms with Crippen LogP contribution in [0.2, 0.25) is 0 Å². The van der Waals surface area contributed by atoms with Crippen molar-refractivity contribution in [3.8, 4) is 0 Å². The van der Waals surface area contributed by atoms with Crippen molar-refractivity contribution >= 4 is 26.7 Å². The van der Waals surface area contributed by atoms with Crippen LogP contribution in [0.4, 0.5) is 10.5 Å². The largest absolute Gasteiger partial charge is 0.390 e. The van der Waals surface area contributed by atoms with Crippen molar-refractivity contribution in [3.63, 3.8) is 0 Å². The highest BCUT2D eigenvalue weighted by molar-refractivity contribution is 8.06. The van der Waals surface area contributed by atoms with Gasteiger partial charge in [-0.25, -0.2) is 8.42 Å². The minimum atomic E-state index is -4.21. The monoisotopic (exact) mass is 422 g/mol. The predicted octanol–water partition coefficient (Wildman–Crippen LogP) is 2.06. The van der Waals surface area contributed by atoms with Gasteiger partial charge in [0.2, 0.25) is 5.91 Å². The van der Waals surface area contributed by atoms with Crippen molar-refractivity contribution in [2.24, 2.45) is 5.92 Å². The zero-order valence-electron chi connectivity index (χ0n) is 16.4. The van der Waals surface area contributed by atoms with Gasteiger partial charge in [0.15, 0.2) is 0 Å². The topological polar surface area (TPSA) is 160 Å². The maximum atomic E-state index is 12.4. The van der Waals surface area contributed by atoms with E-state index in [0.717, 1.165) is 5.56 Å². The first kappa shape index (κ1) is 24.2. The van der Waals surface area contributed by atoms with Crippen LogP contribution < -0.4 is 16.8 Å². The summed E-state index contributed by atoms with van der Waals surface area (Å²) in [6.07, 6.45) is 1.82. The summed E-state index contributed by atoms with van der Waals surface area (Å²) in [4.78, 5) is 27.4. The van der Waals surface area contributed by atoms with E-state index in [-0.39, 0.29) is 35.2 Å². The van der Waals surface area contributed by atoms with Crippen molar-refractivity contribution in [3.05, 3.63) is 53.9 Å². The molecule has 0 unspecified atom stereocenters. The van der Waals surface area contributed by atoms with Crippen LogP contribution in [0.15, 0.2) is 47.5 Å². The number of aliphatic hydroxyl groups is 1. The van der Waals surface area contributed by atoms with Gasteiger partial charge < -0.3 is 21.9 Å². The third-order valence-corrected chi connectivity index (χ3v) is 5.43. The number of aliphatic hydroxyl groups excluding tert-OH is 1. The fourth-order valence-electron chi connectivity index (χ4n) is 2.25. The Kier molecular flexibility index (Phi) is 8.89. The number of aromatic nitrogens is 1. The predicted molar refractivity (Wildman–Crippen MR) is 109 cm³/mol. The van der Waals surface area contributed by atoms with Crippen molar-refractivity contribution in [2.75, 3.05) is 11.9 Å². The quantitative estimate of drug-likeness (QED) is 0.531. The highest BCUT2D eigenvalue weighted by Gasteiger charge is 2.25. The summed E-state index contributed by atoms with van der Waals surface area (Å²) in [7, 11) is -4.21. The van der Waals surface area contributed by atoms with E-state index >= 15 is 0 Å². The van der Waals surface area contributed by atoms with Gasteiger partial charge in [-0.15, -0.1) is 0 Å². The molecule has 2 amide bonds. The molecule has 2 rings (SSSR count). The smallest absolute Gasteiger partial charge is 0.345 e. The molecule has 0 saturated heterocycles. The van der Waals surface area contributed by atoms with E-state index in [2.05, 4.69) is 15.6 Å². The van der Waals surface area contributed by atoms with E-state index in [9.17, 15) is 18.0 Å². The number of sulfone groups is 1. The summed E-state index contributed by atoms with van der Waals surface area (Å²) in [5, 5.41) is 12.9. The molecule has 1 heterocycles. The Bertz CT molecular complexity index is 926. The van der Waals surface area contributed by atoms with Gasteiger partial charge in [0.25, 0.3) is 9.84 Å². The fraction of sp³-hybridized carbons (Fsp3) is 0.316. The Morgan fingerprint density at radius 2 is 1.76 bits per heavy atom. The van der Waals surface area contributed by atoms with Gasteiger partial charge in [-0.05, 0) is 36.2 Å². The standard InChI is InChI=1S/C19H23N3O5S.H3N/c1-13(2)18(24)20-10-9-14-3-7-17(8-4-14)28(26,27)19(25)22-15-5-6-16(12-23)21-11-15;/h3-8,11,13,23H,9-10,12H2,1-2H3,(H,20,24)(H,22,25);1H3. The highest BCUT2D eigenvalue weighted by atomic mass is 32.2. The lowest BCUT2D eigenvalue weighted by atomic mass is 10.1. The SMILES string of the molecule is CC(C)C(=O)NCCc1ccc(S(=O)(=O)C(=O)Nc2ccc(CO)nc2)cc1.N. The summed E-state index contributed by atoms with van der Waals surface area (Å²) in [6.45, 7) is 3.80. The molecule has 29 heavy (non-hydrogen) atoms. The van der Waals surface area contributed by atoms with Crippen LogP contribution in [-0.2, 0) is 27.7 Å². The zero-order valence-corrected chi connectivity index (χ0v) is 17.2. The molecule has 0 bridgehead atoms. The Morgan fingerprint density at radius 1 is 1.10 bits per heavy atom. The van der Waals surface area contributed by atoms with Crippen LogP contribution >= 0.6 is 0 Å². The Balaban J connectivity index is 0.00000420. The molecule has 0 radical (unpaired) electrons. The van der Waals surface area contributed by atoms with E-state index in [1.54, 1.807) is 26.0 Å². The first-order valence-electron chi connectivity index (χ1n) is 8.72. The lowest BCUT2D eigenvalue weighted by Crippen LogP contribution is -2.29. The summed E-state index contributed by atoms with van der Waals surface area (Å²) >= 11 is 0. The highest BCUT2D eigenvalue weighted by Crippen LogP contribution is 2.16. The lowest BCUT2D eigenvalue weighted by Gasteiger charge is -2.09. The zero-order chi connectivity index (χ0) is 20.7. The van der Waals surface area contributed by atoms with E-state index < -0.39 is 15.1 Å². The van der Waals surface area contributed by atoms with Crippen molar-refractivity contribution in [2.45, 2.75) is 31.8 Å². The molecule has 0 atom stereocenters. The van der Waals surface area contributed by atoms with Gasteiger partial charge in [0.05, 0.1) is 29.1 Å². The minimum Gasteiger partial charge on any atom is -0.390 e. The average molecular weight is 423 g/mol. The molecular formula is C19H26N4O5S. The second-order valence-electron chi connectivity index (χ2n) is 6.45. The number of hydrogen-bond acceptors (Lipinski definition) is 7. The maximum absolute atomic E-state index is 12.4. The molecule has 9 nitrogen and oxygen atoms in total. The van der Waals surface area contributed by atoms with E-state index in [1.165, 1.54) is 30.5 Å². The number of hydrogen-bond donors (Lipinski definition) is 4. The number of benzene rings is 1. The van der Waals surface area contributed by atoms with E-state index in [4.69, 9.17) is 5.11 Å². The van der Waals surface area contributed by atoms with Gasteiger partial charge >= 0.3 is 5.24 Å². The lowest BCUT2D eigenvalue weighted by molar-refractivity contribution is -0.123. The van der Waals surface area contributed by atoms with Gasteiger partial charge in [-0.1, -0.05) is 26.0 Å². The Hall–Kier alpha value is -2.82. The van der Waals surface area contributed by atoms with Gasteiger partial charge in [-0.2, -0.15) is 0 Å². The summed E-state index contributed by atoms with van der Waals surface area (Å²) in [5.41, 5.74) is 1.46. The maximum Gasteiger partial charge on any atom is 0.345 e. The number of pyridine rings is 1. The van der Waals surface area contributed by atoms with Crippen LogP contribution in [-0.4, -0.2) is 36.2 Å². The van der Waals surface area contributed by atoms with Crippen LogP contribution in [0.1, 0.15) is 25.1 Å². The molecule has 0 saturated carbocycles. The van der Waals surface area contributed by atoms with Crippen LogP contribution in [0.25, 0.3) is 0 Å². The first-order chi connectivity index (χ1) is 13.2. The minimum absolute atomic E-state index is 0. The summed E-state index contributed by atoms with van der Waals surface area (Å²) in [6, 6.07) is 8.89. The van der Waals surface area contributed by atoms with Crippen molar-refractivity contribution in [1.29, 1.82) is 0 Å². The molecule has 6 N–H and O–H groups in total. The summed E-state index contributed by atoms with van der Waals surface area (Å²) < 4.78 is 24.8. The van der Waals surface area contributed by atoms with Gasteiger partial charge in [0, 0.05) is 12.5 Å².